The zero-order valence-corrected chi connectivity index (χ0v) is 13.1. The van der Waals surface area contributed by atoms with E-state index in [4.69, 9.17) is 0 Å². The molecule has 18 heavy (non-hydrogen) atoms. The van der Waals surface area contributed by atoms with Crippen molar-refractivity contribution in [2.75, 3.05) is 0 Å². The molecule has 0 saturated carbocycles. The summed E-state index contributed by atoms with van der Waals surface area (Å²) in [5.41, 5.74) is 4.18. The number of aryl methyl sites for hydroxylation is 2. The molecule has 0 fully saturated rings. The van der Waals surface area contributed by atoms with E-state index in [9.17, 15) is 4.79 Å². The Labute approximate surface area is 113 Å². The first-order chi connectivity index (χ1) is 8.60. The van der Waals surface area contributed by atoms with E-state index in [1.54, 1.807) is 13.0 Å². The number of rotatable bonds is 3. The fourth-order valence-corrected chi connectivity index (χ4v) is 1.63. The normalized spacial score (nSPS) is 8.39. The molecule has 0 radical (unpaired) electrons. The van der Waals surface area contributed by atoms with Crippen LogP contribution in [-0.2, 0) is 6.42 Å². The Morgan fingerprint density at radius 3 is 2.06 bits per heavy atom. The van der Waals surface area contributed by atoms with Gasteiger partial charge >= 0.3 is 0 Å². The van der Waals surface area contributed by atoms with Crippen molar-refractivity contribution in [3.8, 4) is 0 Å². The van der Waals surface area contributed by atoms with Crippen molar-refractivity contribution in [2.45, 2.75) is 54.9 Å². The number of carbonyl (C=O) groups excluding carboxylic acids is 1. The molecule has 1 aromatic rings. The van der Waals surface area contributed by atoms with Crippen LogP contribution < -0.4 is 0 Å². The quantitative estimate of drug-likeness (QED) is 0.649. The van der Waals surface area contributed by atoms with Gasteiger partial charge in [-0.15, -0.1) is 0 Å². The van der Waals surface area contributed by atoms with Gasteiger partial charge < -0.3 is 0 Å². The fourth-order valence-electron chi connectivity index (χ4n) is 1.63. The van der Waals surface area contributed by atoms with Crippen molar-refractivity contribution in [3.05, 3.63) is 41.0 Å². The summed E-state index contributed by atoms with van der Waals surface area (Å²) >= 11 is 0. The molecule has 1 heteroatoms. The van der Waals surface area contributed by atoms with Crippen LogP contribution in [0.1, 0.15) is 68.6 Å². The van der Waals surface area contributed by atoms with Crippen LogP contribution in [0.4, 0.5) is 0 Å². The maximum atomic E-state index is 11.3. The maximum Gasteiger partial charge on any atom is 0.160 e. The van der Waals surface area contributed by atoms with Gasteiger partial charge in [-0.25, -0.2) is 0 Å². The summed E-state index contributed by atoms with van der Waals surface area (Å²) in [6.07, 6.45) is 2.74. The monoisotopic (exact) mass is 248 g/mol. The molecule has 0 aliphatic heterocycles. The van der Waals surface area contributed by atoms with Gasteiger partial charge in [0.2, 0.25) is 0 Å². The second-order valence-electron chi connectivity index (χ2n) is 3.48. The molecule has 0 aromatic heterocycles. The van der Waals surface area contributed by atoms with Crippen molar-refractivity contribution in [1.82, 2.24) is 0 Å². The summed E-state index contributed by atoms with van der Waals surface area (Å²) in [7, 11) is 0. The lowest BCUT2D eigenvalue weighted by atomic mass is 9.96. The van der Waals surface area contributed by atoms with E-state index < -0.39 is 0 Å². The molecule has 0 saturated heterocycles. The molecule has 1 rings (SSSR count). The summed E-state index contributed by atoms with van der Waals surface area (Å²) in [6.45, 7) is 17.5. The molecule has 0 spiro atoms. The fraction of sp³-hybridized carbons (Fsp3) is 0.471. The molecule has 102 valence electrons. The van der Waals surface area contributed by atoms with Gasteiger partial charge in [-0.1, -0.05) is 53.3 Å². The minimum absolute atomic E-state index is 0.102. The lowest BCUT2D eigenvalue weighted by Gasteiger charge is -2.08. The van der Waals surface area contributed by atoms with Crippen molar-refractivity contribution in [2.24, 2.45) is 0 Å². The summed E-state index contributed by atoms with van der Waals surface area (Å²) in [6, 6.07) is 4.01. The van der Waals surface area contributed by atoms with Gasteiger partial charge in [0, 0.05) is 5.56 Å². The van der Waals surface area contributed by atoms with Crippen molar-refractivity contribution >= 4 is 11.9 Å². The first-order valence-corrected chi connectivity index (χ1v) is 6.87. The van der Waals surface area contributed by atoms with Crippen LogP contribution in [0, 0.1) is 6.92 Å². The lowest BCUT2D eigenvalue weighted by molar-refractivity contribution is 0.101. The molecular formula is C17H28O. The molecular weight excluding hydrogens is 220 g/mol. The molecule has 1 aromatic carbocycles. The molecule has 0 unspecified atom stereocenters. The average molecular weight is 248 g/mol. The van der Waals surface area contributed by atoms with Crippen molar-refractivity contribution in [1.29, 1.82) is 0 Å². The number of benzene rings is 1. The van der Waals surface area contributed by atoms with Gasteiger partial charge in [-0.05, 0) is 43.0 Å². The zero-order valence-electron chi connectivity index (χ0n) is 13.1. The molecule has 0 aliphatic carbocycles. The number of hydrogen-bond acceptors (Lipinski definition) is 1. The van der Waals surface area contributed by atoms with E-state index in [0.717, 1.165) is 17.5 Å². The highest BCUT2D eigenvalue weighted by molar-refractivity contribution is 5.97. The van der Waals surface area contributed by atoms with Crippen LogP contribution in [-0.4, -0.2) is 5.78 Å². The van der Waals surface area contributed by atoms with E-state index in [1.165, 1.54) is 11.1 Å². The Balaban J connectivity index is 0. The topological polar surface area (TPSA) is 17.1 Å². The van der Waals surface area contributed by atoms with Gasteiger partial charge in [-0.3, -0.25) is 4.79 Å². The SMILES string of the molecule is C=Cc1cc(CC)c(C)cc1C(C)=O.CC.CC. The van der Waals surface area contributed by atoms with E-state index in [2.05, 4.69) is 19.6 Å². The van der Waals surface area contributed by atoms with Crippen LogP contribution in [0.5, 0.6) is 0 Å². The Morgan fingerprint density at radius 1 is 1.22 bits per heavy atom. The molecule has 0 bridgehead atoms. The summed E-state index contributed by atoms with van der Waals surface area (Å²) < 4.78 is 0. The predicted octanol–water partition coefficient (Wildman–Crippen LogP) is 5.46. The van der Waals surface area contributed by atoms with Crippen LogP contribution >= 0.6 is 0 Å². The van der Waals surface area contributed by atoms with E-state index in [1.807, 2.05) is 40.7 Å². The second kappa shape index (κ2) is 10.8. The van der Waals surface area contributed by atoms with Gasteiger partial charge in [0.25, 0.3) is 0 Å². The first kappa shape index (κ1) is 19.0. The first-order valence-electron chi connectivity index (χ1n) is 6.87. The van der Waals surface area contributed by atoms with E-state index in [-0.39, 0.29) is 5.78 Å². The zero-order chi connectivity index (χ0) is 14.7. The third-order valence-corrected chi connectivity index (χ3v) is 2.49. The molecule has 0 aliphatic rings. The van der Waals surface area contributed by atoms with Gasteiger partial charge in [-0.2, -0.15) is 0 Å². The number of Topliss-reactive ketones (excluding diaryl/α,β-unsaturated/α-hetero) is 1. The van der Waals surface area contributed by atoms with Crippen molar-refractivity contribution in [3.63, 3.8) is 0 Å². The summed E-state index contributed by atoms with van der Waals surface area (Å²) in [5, 5.41) is 0. The molecule has 0 N–H and O–H groups in total. The smallest absolute Gasteiger partial charge is 0.160 e. The number of ketones is 1. The predicted molar refractivity (Wildman–Crippen MR) is 83.3 cm³/mol. The Morgan fingerprint density at radius 2 is 1.72 bits per heavy atom. The minimum atomic E-state index is 0.102. The molecule has 0 amide bonds. The Hall–Kier alpha value is -1.37. The van der Waals surface area contributed by atoms with Crippen LogP contribution in [0.25, 0.3) is 6.08 Å². The highest BCUT2D eigenvalue weighted by atomic mass is 16.1. The Bertz CT molecular complexity index is 375. The average Bonchev–Trinajstić information content (AvgIpc) is 2.42. The molecule has 1 nitrogen and oxygen atoms in total. The van der Waals surface area contributed by atoms with E-state index >= 15 is 0 Å². The third kappa shape index (κ3) is 5.31. The third-order valence-electron chi connectivity index (χ3n) is 2.49. The molecule has 0 atom stereocenters. The summed E-state index contributed by atoms with van der Waals surface area (Å²) in [4.78, 5) is 11.3. The minimum Gasteiger partial charge on any atom is -0.294 e. The van der Waals surface area contributed by atoms with E-state index in [0.29, 0.717) is 0 Å². The Kier molecular flexibility index (Phi) is 11.3. The van der Waals surface area contributed by atoms with Crippen LogP contribution in [0.2, 0.25) is 0 Å². The largest absolute Gasteiger partial charge is 0.294 e. The van der Waals surface area contributed by atoms with Crippen molar-refractivity contribution < 1.29 is 4.79 Å². The number of hydrogen-bond donors (Lipinski definition) is 0. The highest BCUT2D eigenvalue weighted by Crippen LogP contribution is 2.18. The van der Waals surface area contributed by atoms with Crippen LogP contribution in [0.3, 0.4) is 0 Å². The number of carbonyl (C=O) groups is 1. The standard InChI is InChI=1S/C13H16O.2C2H6/c1-5-11-8-12(6-2)13(10(4)14)7-9(11)3;2*1-2/h6-8H,2,5H2,1,3-4H3;2*1-2H3. The van der Waals surface area contributed by atoms with Gasteiger partial charge in [0.05, 0.1) is 0 Å². The maximum absolute atomic E-state index is 11.3. The lowest BCUT2D eigenvalue weighted by Crippen LogP contribution is -1.99. The van der Waals surface area contributed by atoms with Crippen LogP contribution in [0.15, 0.2) is 18.7 Å². The highest BCUT2D eigenvalue weighted by Gasteiger charge is 2.07. The molecule has 0 heterocycles. The second-order valence-corrected chi connectivity index (χ2v) is 3.48. The van der Waals surface area contributed by atoms with Gasteiger partial charge in [0.15, 0.2) is 5.78 Å². The van der Waals surface area contributed by atoms with Gasteiger partial charge in [0.1, 0.15) is 0 Å². The summed E-state index contributed by atoms with van der Waals surface area (Å²) in [5.74, 6) is 0.102.